The Morgan fingerprint density at radius 2 is 1.97 bits per heavy atom. The minimum absolute atomic E-state index is 0.0888. The van der Waals surface area contributed by atoms with Crippen molar-refractivity contribution in [2.24, 2.45) is 0 Å². The number of fused-ring (bicyclic) bond motifs is 2. The number of aromatic nitrogens is 2. The average Bonchev–Trinajstić information content (AvgIpc) is 3.18. The van der Waals surface area contributed by atoms with Crippen LogP contribution in [-0.4, -0.2) is 39.4 Å². The lowest BCUT2D eigenvalue weighted by Gasteiger charge is -2.23. The van der Waals surface area contributed by atoms with E-state index in [0.29, 0.717) is 40.9 Å². The van der Waals surface area contributed by atoms with Crippen LogP contribution in [0.15, 0.2) is 40.6 Å². The molecule has 10 heteroatoms. The van der Waals surface area contributed by atoms with E-state index in [9.17, 15) is 14.4 Å². The summed E-state index contributed by atoms with van der Waals surface area (Å²) in [6.07, 6.45) is 2.40. The number of carbonyl (C=O) groups excluding carboxylic acids is 2. The van der Waals surface area contributed by atoms with Gasteiger partial charge in [-0.1, -0.05) is 6.07 Å². The van der Waals surface area contributed by atoms with Gasteiger partial charge in [-0.2, -0.15) is 0 Å². The number of nitrogens with one attached hydrogen (secondary N) is 1. The van der Waals surface area contributed by atoms with E-state index in [1.165, 1.54) is 21.8 Å². The number of imide groups is 1. The van der Waals surface area contributed by atoms with E-state index in [4.69, 9.17) is 9.47 Å². The lowest BCUT2D eigenvalue weighted by molar-refractivity contribution is -0.131. The van der Waals surface area contributed by atoms with Gasteiger partial charge in [0.15, 0.2) is 16.5 Å². The van der Waals surface area contributed by atoms with E-state index in [1.54, 1.807) is 36.7 Å². The summed E-state index contributed by atoms with van der Waals surface area (Å²) in [5.74, 6) is 0.738. The summed E-state index contributed by atoms with van der Waals surface area (Å²) in [5, 5.41) is 4.52. The highest BCUT2D eigenvalue weighted by Crippen LogP contribution is 2.36. The molecular weight excluding hydrogens is 408 g/mol. The fourth-order valence-corrected chi connectivity index (χ4v) is 4.38. The molecule has 2 aliphatic heterocycles. The summed E-state index contributed by atoms with van der Waals surface area (Å²) >= 11 is 1.31. The monoisotopic (exact) mass is 426 g/mol. The predicted molar refractivity (Wildman–Crippen MR) is 108 cm³/mol. The number of benzene rings is 1. The second kappa shape index (κ2) is 6.84. The van der Waals surface area contributed by atoms with Crippen LogP contribution in [0.1, 0.15) is 24.6 Å². The first-order chi connectivity index (χ1) is 14.5. The van der Waals surface area contributed by atoms with Crippen molar-refractivity contribution in [3.63, 3.8) is 0 Å². The van der Waals surface area contributed by atoms with Gasteiger partial charge in [0.25, 0.3) is 11.5 Å². The van der Waals surface area contributed by atoms with E-state index in [0.717, 1.165) is 11.3 Å². The SMILES string of the molecule is C[C@@]1(c2ccc3c(c2)OCCCO3)NC(=O)N(Cc2cc(=O)n3ccsc3n2)C1=O. The van der Waals surface area contributed by atoms with Crippen LogP contribution in [0, 0.1) is 0 Å². The minimum atomic E-state index is -1.26. The summed E-state index contributed by atoms with van der Waals surface area (Å²) in [5.41, 5.74) is -0.568. The van der Waals surface area contributed by atoms with Crippen molar-refractivity contribution in [2.75, 3.05) is 13.2 Å². The van der Waals surface area contributed by atoms with Gasteiger partial charge in [-0.3, -0.25) is 18.9 Å². The molecule has 0 spiro atoms. The smallest absolute Gasteiger partial charge is 0.325 e. The van der Waals surface area contributed by atoms with Crippen molar-refractivity contribution in [3.05, 3.63) is 57.5 Å². The molecule has 0 aliphatic carbocycles. The first-order valence-electron chi connectivity index (χ1n) is 9.46. The number of ether oxygens (including phenoxy) is 2. The molecule has 3 aromatic rings. The number of nitrogens with zero attached hydrogens (tertiary/aromatic N) is 3. The standard InChI is InChI=1S/C20H18N4O5S/c1-20(12-3-4-14-15(9-12)29-7-2-6-28-14)17(26)24(18(27)22-20)11-13-10-16(25)23-5-8-30-19(23)21-13/h3-5,8-10H,2,6-7,11H2,1H3,(H,22,27)/t20-/m0/s1. The third-order valence-electron chi connectivity index (χ3n) is 5.28. The molecule has 0 radical (unpaired) electrons. The molecule has 154 valence electrons. The van der Waals surface area contributed by atoms with Gasteiger partial charge in [-0.05, 0) is 24.6 Å². The number of carbonyl (C=O) groups is 2. The number of rotatable bonds is 3. The maximum absolute atomic E-state index is 13.2. The van der Waals surface area contributed by atoms with Gasteiger partial charge in [-0.15, -0.1) is 11.3 Å². The van der Waals surface area contributed by atoms with Gasteiger partial charge >= 0.3 is 6.03 Å². The summed E-state index contributed by atoms with van der Waals surface area (Å²) in [7, 11) is 0. The lowest BCUT2D eigenvalue weighted by atomic mass is 9.91. The summed E-state index contributed by atoms with van der Waals surface area (Å²) < 4.78 is 12.8. The normalized spacial score (nSPS) is 21.0. The third kappa shape index (κ3) is 2.91. The second-order valence-corrected chi connectivity index (χ2v) is 8.17. The van der Waals surface area contributed by atoms with E-state index in [-0.39, 0.29) is 12.1 Å². The highest BCUT2D eigenvalue weighted by Gasteiger charge is 2.49. The van der Waals surface area contributed by atoms with Crippen LogP contribution >= 0.6 is 11.3 Å². The maximum atomic E-state index is 13.2. The first-order valence-corrected chi connectivity index (χ1v) is 10.3. The molecule has 0 saturated carbocycles. The largest absolute Gasteiger partial charge is 0.490 e. The fourth-order valence-electron chi connectivity index (χ4n) is 3.64. The van der Waals surface area contributed by atoms with Gasteiger partial charge < -0.3 is 14.8 Å². The van der Waals surface area contributed by atoms with Crippen molar-refractivity contribution in [1.29, 1.82) is 0 Å². The molecule has 5 rings (SSSR count). The molecule has 1 saturated heterocycles. The van der Waals surface area contributed by atoms with Crippen LogP contribution in [0.3, 0.4) is 0 Å². The predicted octanol–water partition coefficient (Wildman–Crippen LogP) is 1.88. The Kier molecular flexibility index (Phi) is 4.24. The van der Waals surface area contributed by atoms with Gasteiger partial charge in [-0.25, -0.2) is 9.78 Å². The Morgan fingerprint density at radius 1 is 1.17 bits per heavy atom. The molecule has 2 aromatic heterocycles. The van der Waals surface area contributed by atoms with Crippen LogP contribution in [-0.2, 0) is 16.9 Å². The molecule has 1 aromatic carbocycles. The summed E-state index contributed by atoms with van der Waals surface area (Å²) in [6, 6.07) is 6.02. The molecule has 30 heavy (non-hydrogen) atoms. The number of urea groups is 1. The topological polar surface area (TPSA) is 102 Å². The van der Waals surface area contributed by atoms with Crippen molar-refractivity contribution in [1.82, 2.24) is 19.6 Å². The Labute approximate surface area is 174 Å². The Balaban J connectivity index is 1.45. The van der Waals surface area contributed by atoms with Gasteiger partial charge in [0.1, 0.15) is 5.54 Å². The van der Waals surface area contributed by atoms with Gasteiger partial charge in [0, 0.05) is 24.1 Å². The number of amides is 3. The van der Waals surface area contributed by atoms with E-state index in [1.807, 2.05) is 0 Å². The molecule has 0 unspecified atom stereocenters. The first kappa shape index (κ1) is 18.6. The van der Waals surface area contributed by atoms with E-state index < -0.39 is 17.5 Å². The van der Waals surface area contributed by atoms with Crippen LogP contribution in [0.5, 0.6) is 11.5 Å². The molecule has 1 fully saturated rings. The second-order valence-electron chi connectivity index (χ2n) is 7.30. The molecule has 0 bridgehead atoms. The Morgan fingerprint density at radius 3 is 2.80 bits per heavy atom. The maximum Gasteiger partial charge on any atom is 0.325 e. The minimum Gasteiger partial charge on any atom is -0.490 e. The molecule has 2 aliphatic rings. The summed E-state index contributed by atoms with van der Waals surface area (Å²) in [6.45, 7) is 2.65. The van der Waals surface area contributed by atoms with Gasteiger partial charge in [0.05, 0.1) is 25.5 Å². The van der Waals surface area contributed by atoms with Gasteiger partial charge in [0.2, 0.25) is 0 Å². The zero-order valence-electron chi connectivity index (χ0n) is 16.1. The third-order valence-corrected chi connectivity index (χ3v) is 6.03. The Bertz CT molecular complexity index is 1240. The molecule has 9 nitrogen and oxygen atoms in total. The number of hydrogen-bond acceptors (Lipinski definition) is 7. The van der Waals surface area contributed by atoms with Crippen molar-refractivity contribution >= 4 is 28.2 Å². The highest BCUT2D eigenvalue weighted by molar-refractivity contribution is 7.15. The van der Waals surface area contributed by atoms with E-state index in [2.05, 4.69) is 10.3 Å². The molecule has 1 atom stereocenters. The fraction of sp³-hybridized carbons (Fsp3) is 0.300. The molecule has 3 amide bonds. The van der Waals surface area contributed by atoms with Crippen LogP contribution in [0.2, 0.25) is 0 Å². The number of hydrogen-bond donors (Lipinski definition) is 1. The zero-order chi connectivity index (χ0) is 20.9. The van der Waals surface area contributed by atoms with Crippen molar-refractivity contribution in [2.45, 2.75) is 25.4 Å². The molecular formula is C20H18N4O5S. The van der Waals surface area contributed by atoms with E-state index >= 15 is 0 Å². The van der Waals surface area contributed by atoms with Crippen LogP contribution in [0.4, 0.5) is 4.79 Å². The van der Waals surface area contributed by atoms with Crippen LogP contribution in [0.25, 0.3) is 4.96 Å². The van der Waals surface area contributed by atoms with Crippen molar-refractivity contribution in [3.8, 4) is 11.5 Å². The highest BCUT2D eigenvalue weighted by atomic mass is 32.1. The molecule has 4 heterocycles. The van der Waals surface area contributed by atoms with Crippen molar-refractivity contribution < 1.29 is 19.1 Å². The average molecular weight is 426 g/mol. The Hall–Kier alpha value is -3.40. The summed E-state index contributed by atoms with van der Waals surface area (Å²) in [4.78, 5) is 44.1. The van der Waals surface area contributed by atoms with Crippen LogP contribution < -0.4 is 20.3 Å². The number of thiazole rings is 1. The zero-order valence-corrected chi connectivity index (χ0v) is 16.9. The molecule has 1 N–H and O–H groups in total. The quantitative estimate of drug-likeness (QED) is 0.642. The lowest BCUT2D eigenvalue weighted by Crippen LogP contribution is -2.40.